The monoisotopic (exact) mass is 511 g/mol. The van der Waals surface area contributed by atoms with Gasteiger partial charge in [0.15, 0.2) is 17.3 Å². The van der Waals surface area contributed by atoms with Crippen LogP contribution < -0.4 is 10.2 Å². The highest BCUT2D eigenvalue weighted by molar-refractivity contribution is 5.85. The van der Waals surface area contributed by atoms with Crippen molar-refractivity contribution in [3.05, 3.63) is 60.4 Å². The third-order valence-electron chi connectivity index (χ3n) is 8.03. The zero-order valence-electron chi connectivity index (χ0n) is 22.2. The van der Waals surface area contributed by atoms with Gasteiger partial charge in [-0.2, -0.15) is 0 Å². The van der Waals surface area contributed by atoms with Crippen LogP contribution in [0.4, 0.5) is 11.5 Å². The van der Waals surface area contributed by atoms with E-state index in [1.807, 2.05) is 18.5 Å². The number of likely N-dealkylation sites (N-methyl/N-ethyl adjacent to an activating group) is 1. The summed E-state index contributed by atoms with van der Waals surface area (Å²) in [6.07, 6.45) is 8.96. The lowest BCUT2D eigenvalue weighted by molar-refractivity contribution is 0.313. The number of piperazine rings is 1. The SMILES string of the molecule is CN1CCN(c2ccc(-c3nc(NCCc4ccc(O)cc4)c4ncn(C5CCCCC5)c4n3)cc2)CC1. The first-order valence-corrected chi connectivity index (χ1v) is 13.9. The molecule has 2 aromatic heterocycles. The number of nitrogens with zero attached hydrogens (tertiary/aromatic N) is 6. The van der Waals surface area contributed by atoms with Gasteiger partial charge in [-0.15, -0.1) is 0 Å². The van der Waals surface area contributed by atoms with Gasteiger partial charge in [-0.1, -0.05) is 31.4 Å². The molecule has 2 fully saturated rings. The Morgan fingerprint density at radius 3 is 2.37 bits per heavy atom. The van der Waals surface area contributed by atoms with Crippen LogP contribution in [-0.4, -0.2) is 69.3 Å². The molecule has 0 unspecified atom stereocenters. The summed E-state index contributed by atoms with van der Waals surface area (Å²) in [4.78, 5) is 19.6. The fraction of sp³-hybridized carbons (Fsp3) is 0.433. The lowest BCUT2D eigenvalue weighted by Gasteiger charge is -2.34. The number of anilines is 2. The lowest BCUT2D eigenvalue weighted by Crippen LogP contribution is -2.44. The molecule has 0 atom stereocenters. The molecule has 0 radical (unpaired) electrons. The second kappa shape index (κ2) is 11.0. The minimum Gasteiger partial charge on any atom is -0.508 e. The Kier molecular flexibility index (Phi) is 7.14. The second-order valence-corrected chi connectivity index (χ2v) is 10.7. The minimum atomic E-state index is 0.288. The average Bonchev–Trinajstić information content (AvgIpc) is 3.39. The van der Waals surface area contributed by atoms with Crippen molar-refractivity contribution in [2.24, 2.45) is 0 Å². The van der Waals surface area contributed by atoms with Crippen molar-refractivity contribution >= 4 is 22.7 Å². The maximum absolute atomic E-state index is 9.58. The number of nitrogens with one attached hydrogen (secondary N) is 1. The van der Waals surface area contributed by atoms with Gasteiger partial charge in [-0.3, -0.25) is 0 Å². The molecule has 8 heteroatoms. The van der Waals surface area contributed by atoms with E-state index >= 15 is 0 Å². The van der Waals surface area contributed by atoms with E-state index in [0.29, 0.717) is 6.04 Å². The third kappa shape index (κ3) is 5.31. The van der Waals surface area contributed by atoms with E-state index in [1.54, 1.807) is 12.1 Å². The number of hydrogen-bond acceptors (Lipinski definition) is 7. The first kappa shape index (κ1) is 24.7. The number of rotatable bonds is 7. The number of aromatic hydroxyl groups is 1. The van der Waals surface area contributed by atoms with E-state index < -0.39 is 0 Å². The molecule has 0 bridgehead atoms. The van der Waals surface area contributed by atoms with Gasteiger partial charge >= 0.3 is 0 Å². The molecule has 2 N–H and O–H groups in total. The summed E-state index contributed by atoms with van der Waals surface area (Å²) < 4.78 is 2.28. The van der Waals surface area contributed by atoms with E-state index in [-0.39, 0.29) is 5.75 Å². The van der Waals surface area contributed by atoms with Crippen LogP contribution in [0.15, 0.2) is 54.9 Å². The molecule has 0 spiro atoms. The summed E-state index contributed by atoms with van der Waals surface area (Å²) in [6, 6.07) is 16.5. The molecule has 1 saturated carbocycles. The van der Waals surface area contributed by atoms with E-state index in [9.17, 15) is 5.11 Å². The van der Waals surface area contributed by atoms with Gasteiger partial charge in [0, 0.05) is 50.0 Å². The number of hydrogen-bond donors (Lipinski definition) is 2. The predicted octanol–water partition coefficient (Wildman–Crippen LogP) is 5.11. The molecule has 38 heavy (non-hydrogen) atoms. The molecule has 1 aliphatic heterocycles. The largest absolute Gasteiger partial charge is 0.508 e. The topological polar surface area (TPSA) is 82.3 Å². The first-order valence-electron chi connectivity index (χ1n) is 13.9. The fourth-order valence-corrected chi connectivity index (χ4v) is 5.67. The Labute approximate surface area is 224 Å². The summed E-state index contributed by atoms with van der Waals surface area (Å²) in [5.74, 6) is 1.80. The van der Waals surface area contributed by atoms with Gasteiger partial charge in [0.05, 0.1) is 6.33 Å². The van der Waals surface area contributed by atoms with Crippen molar-refractivity contribution in [1.29, 1.82) is 0 Å². The van der Waals surface area contributed by atoms with Crippen molar-refractivity contribution < 1.29 is 5.11 Å². The van der Waals surface area contributed by atoms with Gasteiger partial charge in [0.2, 0.25) is 0 Å². The Morgan fingerprint density at radius 1 is 0.895 bits per heavy atom. The number of aromatic nitrogens is 4. The Hall–Kier alpha value is -3.65. The van der Waals surface area contributed by atoms with Crippen molar-refractivity contribution in [2.45, 2.75) is 44.6 Å². The van der Waals surface area contributed by atoms with Crippen molar-refractivity contribution in [1.82, 2.24) is 24.4 Å². The van der Waals surface area contributed by atoms with Gasteiger partial charge < -0.3 is 24.8 Å². The van der Waals surface area contributed by atoms with Crippen LogP contribution in [0, 0.1) is 0 Å². The summed E-state index contributed by atoms with van der Waals surface area (Å²) in [7, 11) is 2.18. The normalized spacial score (nSPS) is 17.2. The summed E-state index contributed by atoms with van der Waals surface area (Å²) in [6.45, 7) is 4.99. The van der Waals surface area contributed by atoms with E-state index in [0.717, 1.165) is 73.1 Å². The average molecular weight is 512 g/mol. The molecule has 198 valence electrons. The molecule has 1 saturated heterocycles. The highest BCUT2D eigenvalue weighted by Crippen LogP contribution is 2.33. The number of imidazole rings is 1. The number of fused-ring (bicyclic) bond motifs is 1. The number of phenols is 1. The van der Waals surface area contributed by atoms with Crippen LogP contribution in [-0.2, 0) is 6.42 Å². The van der Waals surface area contributed by atoms with Crippen molar-refractivity contribution in [2.75, 3.05) is 50.0 Å². The molecule has 6 rings (SSSR count). The van der Waals surface area contributed by atoms with Crippen LogP contribution >= 0.6 is 0 Å². The van der Waals surface area contributed by atoms with Gasteiger partial charge in [-0.05, 0) is 68.3 Å². The quantitative estimate of drug-likeness (QED) is 0.357. The van der Waals surface area contributed by atoms with Gasteiger partial charge in [0.1, 0.15) is 11.3 Å². The van der Waals surface area contributed by atoms with Crippen LogP contribution in [0.5, 0.6) is 5.75 Å². The molecular weight excluding hydrogens is 474 g/mol. The van der Waals surface area contributed by atoms with E-state index in [2.05, 4.69) is 51.0 Å². The second-order valence-electron chi connectivity index (χ2n) is 10.7. The van der Waals surface area contributed by atoms with Crippen LogP contribution in [0.25, 0.3) is 22.6 Å². The summed E-state index contributed by atoms with van der Waals surface area (Å²) >= 11 is 0. The summed E-state index contributed by atoms with van der Waals surface area (Å²) in [5, 5.41) is 13.1. The number of benzene rings is 2. The van der Waals surface area contributed by atoms with Crippen LogP contribution in [0.1, 0.15) is 43.7 Å². The fourth-order valence-electron chi connectivity index (χ4n) is 5.67. The maximum Gasteiger partial charge on any atom is 0.166 e. The molecule has 0 amide bonds. The lowest BCUT2D eigenvalue weighted by atomic mass is 9.95. The highest BCUT2D eigenvalue weighted by Gasteiger charge is 2.21. The van der Waals surface area contributed by atoms with E-state index in [1.165, 1.54) is 37.8 Å². The molecule has 4 aromatic rings. The van der Waals surface area contributed by atoms with Crippen molar-refractivity contribution in [3.8, 4) is 17.1 Å². The molecule has 2 aromatic carbocycles. The minimum absolute atomic E-state index is 0.288. The smallest absolute Gasteiger partial charge is 0.166 e. The first-order chi connectivity index (χ1) is 18.6. The van der Waals surface area contributed by atoms with Gasteiger partial charge in [0.25, 0.3) is 0 Å². The molecule has 3 heterocycles. The van der Waals surface area contributed by atoms with Gasteiger partial charge in [-0.25, -0.2) is 15.0 Å². The molecule has 1 aliphatic carbocycles. The molecule has 8 nitrogen and oxygen atoms in total. The molecule has 2 aliphatic rings. The van der Waals surface area contributed by atoms with E-state index in [4.69, 9.17) is 15.0 Å². The summed E-state index contributed by atoms with van der Waals surface area (Å²) in [5.41, 5.74) is 5.18. The Balaban J connectivity index is 1.29. The zero-order chi connectivity index (χ0) is 25.9. The van der Waals surface area contributed by atoms with Crippen molar-refractivity contribution in [3.63, 3.8) is 0 Å². The van der Waals surface area contributed by atoms with Crippen LogP contribution in [0.2, 0.25) is 0 Å². The predicted molar refractivity (Wildman–Crippen MR) is 153 cm³/mol. The maximum atomic E-state index is 9.58. The van der Waals surface area contributed by atoms with Crippen LogP contribution in [0.3, 0.4) is 0 Å². The number of phenolic OH excluding ortho intramolecular Hbond substituents is 1. The third-order valence-corrected chi connectivity index (χ3v) is 8.03. The highest BCUT2D eigenvalue weighted by atomic mass is 16.3. The zero-order valence-corrected chi connectivity index (χ0v) is 22.2. The standard InChI is InChI=1S/C30H37N7O/c1-35-17-19-36(20-18-35)24-11-9-23(10-12-24)28-33-29(31-16-15-22-7-13-26(38)14-8-22)27-30(34-28)37(21-32-27)25-5-3-2-4-6-25/h7-14,21,25,38H,2-6,15-20H2,1H3,(H,31,33,34). The Morgan fingerprint density at radius 2 is 1.63 bits per heavy atom. The Bertz CT molecular complexity index is 1350. The molecular formula is C30H37N7O.